The van der Waals surface area contributed by atoms with Crippen molar-refractivity contribution >= 4 is 17.5 Å². The van der Waals surface area contributed by atoms with E-state index in [1.54, 1.807) is 6.07 Å². The van der Waals surface area contributed by atoms with E-state index < -0.39 is 5.82 Å². The molecule has 6 heteroatoms. The van der Waals surface area contributed by atoms with Gasteiger partial charge in [0.2, 0.25) is 11.8 Å². The maximum atomic E-state index is 13.3. The quantitative estimate of drug-likeness (QED) is 0.818. The van der Waals surface area contributed by atoms with E-state index in [1.807, 2.05) is 0 Å². The van der Waals surface area contributed by atoms with Gasteiger partial charge >= 0.3 is 0 Å². The number of aryl methyl sites for hydroxylation is 1. The first-order valence-electron chi connectivity index (χ1n) is 6.08. The van der Waals surface area contributed by atoms with Gasteiger partial charge < -0.3 is 15.3 Å². The molecule has 0 bridgehead atoms. The van der Waals surface area contributed by atoms with Crippen molar-refractivity contribution in [1.82, 2.24) is 5.32 Å². The summed E-state index contributed by atoms with van der Waals surface area (Å²) in [5.74, 6) is -1.01. The summed E-state index contributed by atoms with van der Waals surface area (Å²) in [6.45, 7) is -0.183. The Morgan fingerprint density at radius 2 is 2.21 bits per heavy atom. The largest absolute Gasteiger partial charge is 0.395 e. The number of benzene rings is 1. The molecule has 1 aliphatic rings. The van der Waals surface area contributed by atoms with Gasteiger partial charge in [-0.3, -0.25) is 9.59 Å². The summed E-state index contributed by atoms with van der Waals surface area (Å²) in [5, 5.41) is 11.1. The zero-order valence-corrected chi connectivity index (χ0v) is 10.4. The SMILES string of the molecule is O=C(CN1C(=O)CCc2ccc(F)cc21)NCCO. The molecule has 5 nitrogen and oxygen atoms in total. The number of aliphatic hydroxyl groups is 1. The Bertz CT molecular complexity index is 505. The molecule has 2 rings (SSSR count). The van der Waals surface area contributed by atoms with E-state index in [-0.39, 0.29) is 31.5 Å². The average molecular weight is 266 g/mol. The van der Waals surface area contributed by atoms with E-state index in [1.165, 1.54) is 17.0 Å². The Balaban J connectivity index is 2.18. The lowest BCUT2D eigenvalue weighted by Crippen LogP contribution is -2.43. The normalized spacial score (nSPS) is 14.2. The highest BCUT2D eigenvalue weighted by molar-refractivity contribution is 6.01. The Hall–Kier alpha value is -1.95. The Morgan fingerprint density at radius 1 is 1.42 bits per heavy atom. The predicted octanol–water partition coefficient (Wildman–Crippen LogP) is 0.213. The van der Waals surface area contributed by atoms with Gasteiger partial charge in [-0.15, -0.1) is 0 Å². The molecule has 0 radical (unpaired) electrons. The molecular formula is C13H15FN2O3. The second-order valence-corrected chi connectivity index (χ2v) is 4.33. The van der Waals surface area contributed by atoms with Crippen molar-refractivity contribution in [1.29, 1.82) is 0 Å². The fourth-order valence-corrected chi connectivity index (χ4v) is 2.08. The minimum absolute atomic E-state index is 0.136. The predicted molar refractivity (Wildman–Crippen MR) is 67.2 cm³/mol. The summed E-state index contributed by atoms with van der Waals surface area (Å²) in [7, 11) is 0. The average Bonchev–Trinajstić information content (AvgIpc) is 2.40. The number of anilines is 1. The summed E-state index contributed by atoms with van der Waals surface area (Å²) in [6, 6.07) is 4.25. The molecule has 0 aliphatic carbocycles. The number of nitrogens with zero attached hydrogens (tertiary/aromatic N) is 1. The number of amides is 2. The second-order valence-electron chi connectivity index (χ2n) is 4.33. The number of carbonyl (C=O) groups is 2. The van der Waals surface area contributed by atoms with Crippen LogP contribution < -0.4 is 10.2 Å². The van der Waals surface area contributed by atoms with E-state index in [0.29, 0.717) is 18.5 Å². The van der Waals surface area contributed by atoms with Crippen molar-refractivity contribution in [2.24, 2.45) is 0 Å². The number of halogens is 1. The van der Waals surface area contributed by atoms with Crippen LogP contribution in [-0.2, 0) is 16.0 Å². The van der Waals surface area contributed by atoms with Gasteiger partial charge in [-0.05, 0) is 24.1 Å². The maximum Gasteiger partial charge on any atom is 0.240 e. The molecule has 0 saturated carbocycles. The fraction of sp³-hybridized carbons (Fsp3) is 0.385. The van der Waals surface area contributed by atoms with E-state index in [9.17, 15) is 14.0 Å². The third-order valence-electron chi connectivity index (χ3n) is 2.98. The van der Waals surface area contributed by atoms with Gasteiger partial charge in [-0.2, -0.15) is 0 Å². The molecule has 0 unspecified atom stereocenters. The Labute approximate surface area is 110 Å². The van der Waals surface area contributed by atoms with E-state index in [4.69, 9.17) is 5.11 Å². The van der Waals surface area contributed by atoms with Crippen LogP contribution in [0.2, 0.25) is 0 Å². The van der Waals surface area contributed by atoms with Gasteiger partial charge in [0.05, 0.1) is 12.3 Å². The van der Waals surface area contributed by atoms with E-state index in [0.717, 1.165) is 5.56 Å². The number of hydrogen-bond donors (Lipinski definition) is 2. The molecule has 0 spiro atoms. The number of carbonyl (C=O) groups excluding carboxylic acids is 2. The fourth-order valence-electron chi connectivity index (χ4n) is 2.08. The molecular weight excluding hydrogens is 251 g/mol. The highest BCUT2D eigenvalue weighted by atomic mass is 19.1. The molecule has 1 aromatic rings. The van der Waals surface area contributed by atoms with E-state index in [2.05, 4.69) is 5.32 Å². The van der Waals surface area contributed by atoms with Crippen LogP contribution in [0.5, 0.6) is 0 Å². The Kier molecular flexibility index (Phi) is 4.11. The number of nitrogens with one attached hydrogen (secondary N) is 1. The van der Waals surface area contributed by atoms with Crippen LogP contribution in [0.4, 0.5) is 10.1 Å². The summed E-state index contributed by atoms with van der Waals surface area (Å²) >= 11 is 0. The summed E-state index contributed by atoms with van der Waals surface area (Å²) in [5.41, 5.74) is 1.31. The molecule has 0 fully saturated rings. The lowest BCUT2D eigenvalue weighted by Gasteiger charge is -2.28. The van der Waals surface area contributed by atoms with Crippen LogP contribution in [0, 0.1) is 5.82 Å². The first kappa shape index (κ1) is 13.5. The molecule has 102 valence electrons. The third-order valence-corrected chi connectivity index (χ3v) is 2.98. The highest BCUT2D eigenvalue weighted by Crippen LogP contribution is 2.28. The topological polar surface area (TPSA) is 69.6 Å². The van der Waals surface area contributed by atoms with Gasteiger partial charge in [-0.25, -0.2) is 4.39 Å². The first-order valence-corrected chi connectivity index (χ1v) is 6.08. The van der Waals surface area contributed by atoms with Crippen molar-refractivity contribution in [2.75, 3.05) is 24.6 Å². The van der Waals surface area contributed by atoms with Gasteiger partial charge in [0, 0.05) is 13.0 Å². The van der Waals surface area contributed by atoms with Crippen LogP contribution in [0.3, 0.4) is 0 Å². The second kappa shape index (κ2) is 5.79. The zero-order valence-electron chi connectivity index (χ0n) is 10.4. The molecule has 1 aromatic carbocycles. The van der Waals surface area contributed by atoms with Crippen LogP contribution in [0.1, 0.15) is 12.0 Å². The van der Waals surface area contributed by atoms with Crippen LogP contribution in [0.15, 0.2) is 18.2 Å². The minimum Gasteiger partial charge on any atom is -0.395 e. The lowest BCUT2D eigenvalue weighted by atomic mass is 10.0. The van der Waals surface area contributed by atoms with Gasteiger partial charge in [0.15, 0.2) is 0 Å². The highest BCUT2D eigenvalue weighted by Gasteiger charge is 2.26. The number of hydrogen-bond acceptors (Lipinski definition) is 3. The van der Waals surface area contributed by atoms with Crippen LogP contribution in [-0.4, -0.2) is 36.6 Å². The van der Waals surface area contributed by atoms with Crippen molar-refractivity contribution in [3.8, 4) is 0 Å². The standard InChI is InChI=1S/C13H15FN2O3/c14-10-3-1-9-2-4-13(19)16(11(9)7-10)8-12(18)15-5-6-17/h1,3,7,17H,2,4-6,8H2,(H,15,18). The summed E-state index contributed by atoms with van der Waals surface area (Å²) in [4.78, 5) is 24.7. The van der Waals surface area contributed by atoms with Crippen molar-refractivity contribution in [2.45, 2.75) is 12.8 Å². The Morgan fingerprint density at radius 3 is 2.95 bits per heavy atom. The van der Waals surface area contributed by atoms with Crippen LogP contribution >= 0.6 is 0 Å². The lowest BCUT2D eigenvalue weighted by molar-refractivity contribution is -0.124. The van der Waals surface area contributed by atoms with Crippen molar-refractivity contribution in [3.63, 3.8) is 0 Å². The molecule has 0 saturated heterocycles. The smallest absolute Gasteiger partial charge is 0.240 e. The number of aliphatic hydroxyl groups excluding tert-OH is 1. The molecule has 0 aromatic heterocycles. The molecule has 0 atom stereocenters. The molecule has 2 amide bonds. The van der Waals surface area contributed by atoms with Gasteiger partial charge in [-0.1, -0.05) is 6.07 Å². The monoisotopic (exact) mass is 266 g/mol. The molecule has 1 aliphatic heterocycles. The van der Waals surface area contributed by atoms with Gasteiger partial charge in [0.1, 0.15) is 12.4 Å². The molecule has 1 heterocycles. The molecule has 19 heavy (non-hydrogen) atoms. The van der Waals surface area contributed by atoms with Crippen molar-refractivity contribution < 1.29 is 19.1 Å². The third kappa shape index (κ3) is 3.08. The summed E-state index contributed by atoms with van der Waals surface area (Å²) in [6.07, 6.45) is 0.870. The minimum atomic E-state index is -0.436. The number of fused-ring (bicyclic) bond motifs is 1. The van der Waals surface area contributed by atoms with Crippen LogP contribution in [0.25, 0.3) is 0 Å². The van der Waals surface area contributed by atoms with E-state index >= 15 is 0 Å². The maximum absolute atomic E-state index is 13.3. The van der Waals surface area contributed by atoms with Crippen molar-refractivity contribution in [3.05, 3.63) is 29.6 Å². The number of rotatable bonds is 4. The molecule has 2 N–H and O–H groups in total. The summed E-state index contributed by atoms with van der Waals surface area (Å²) < 4.78 is 13.3. The first-order chi connectivity index (χ1) is 9.11. The van der Waals surface area contributed by atoms with Gasteiger partial charge in [0.25, 0.3) is 0 Å². The zero-order chi connectivity index (χ0) is 13.8.